The van der Waals surface area contributed by atoms with Crippen LogP contribution in [0.3, 0.4) is 0 Å². The molecule has 2 heterocycles. The summed E-state index contributed by atoms with van der Waals surface area (Å²) in [5, 5.41) is 0.517. The first-order valence-corrected chi connectivity index (χ1v) is 14.0. The SMILES string of the molecule is Cc1ccc(S(=O)(=O)c2nc(S(=O)(=O)c3ccc(Cl)cc3)c(N3CCN(C)CC3)s2)cc1. The number of hydrogen-bond donors (Lipinski definition) is 0. The highest BCUT2D eigenvalue weighted by molar-refractivity contribution is 7.94. The van der Waals surface area contributed by atoms with Crippen LogP contribution in [-0.4, -0.2) is 59.9 Å². The number of anilines is 1. The van der Waals surface area contributed by atoms with Crippen molar-refractivity contribution in [3.05, 3.63) is 59.1 Å². The number of sulfone groups is 2. The highest BCUT2D eigenvalue weighted by Crippen LogP contribution is 2.39. The molecule has 0 amide bonds. The number of halogens is 1. The van der Waals surface area contributed by atoms with Gasteiger partial charge < -0.3 is 9.80 Å². The quantitative estimate of drug-likeness (QED) is 0.517. The van der Waals surface area contributed by atoms with Crippen molar-refractivity contribution in [1.29, 1.82) is 0 Å². The second-order valence-corrected chi connectivity index (χ2v) is 13.1. The highest BCUT2D eigenvalue weighted by atomic mass is 35.5. The molecule has 0 atom stereocenters. The monoisotopic (exact) mass is 511 g/mol. The number of piperazine rings is 1. The van der Waals surface area contributed by atoms with E-state index in [1.54, 1.807) is 12.1 Å². The first kappa shape index (κ1) is 23.2. The Kier molecular flexibility index (Phi) is 6.34. The van der Waals surface area contributed by atoms with Gasteiger partial charge in [-0.05, 0) is 50.4 Å². The predicted molar refractivity (Wildman–Crippen MR) is 125 cm³/mol. The number of thiazole rings is 1. The van der Waals surface area contributed by atoms with Gasteiger partial charge in [0.25, 0.3) is 0 Å². The van der Waals surface area contributed by atoms with Crippen LogP contribution in [-0.2, 0) is 19.7 Å². The minimum atomic E-state index is -4.06. The molecule has 1 saturated heterocycles. The maximum atomic E-state index is 13.5. The van der Waals surface area contributed by atoms with Gasteiger partial charge in [-0.15, -0.1) is 0 Å². The fourth-order valence-electron chi connectivity index (χ4n) is 3.32. The van der Waals surface area contributed by atoms with Crippen LogP contribution >= 0.6 is 22.9 Å². The Morgan fingerprint density at radius 1 is 0.844 bits per heavy atom. The molecule has 0 spiro atoms. The summed E-state index contributed by atoms with van der Waals surface area (Å²) in [6, 6.07) is 12.2. The lowest BCUT2D eigenvalue weighted by Crippen LogP contribution is -2.44. The third-order valence-electron chi connectivity index (χ3n) is 5.29. The molecule has 7 nitrogen and oxygen atoms in total. The molecule has 170 valence electrons. The average molecular weight is 512 g/mol. The summed E-state index contributed by atoms with van der Waals surface area (Å²) in [4.78, 5) is 8.33. The Morgan fingerprint density at radius 3 is 1.97 bits per heavy atom. The van der Waals surface area contributed by atoms with Gasteiger partial charge in [0.05, 0.1) is 9.79 Å². The zero-order valence-electron chi connectivity index (χ0n) is 17.5. The van der Waals surface area contributed by atoms with E-state index in [1.165, 1.54) is 36.4 Å². The molecule has 1 aromatic heterocycles. The van der Waals surface area contributed by atoms with Gasteiger partial charge in [-0.25, -0.2) is 21.8 Å². The van der Waals surface area contributed by atoms with Crippen LogP contribution in [0.4, 0.5) is 5.00 Å². The Labute approximate surface area is 197 Å². The summed E-state index contributed by atoms with van der Waals surface area (Å²) in [6.45, 7) is 4.48. The maximum absolute atomic E-state index is 13.5. The first-order chi connectivity index (χ1) is 15.1. The zero-order valence-corrected chi connectivity index (χ0v) is 20.7. The molecule has 32 heavy (non-hydrogen) atoms. The van der Waals surface area contributed by atoms with Gasteiger partial charge in [0.1, 0.15) is 5.00 Å². The van der Waals surface area contributed by atoms with Crippen molar-refractivity contribution in [3.63, 3.8) is 0 Å². The van der Waals surface area contributed by atoms with E-state index < -0.39 is 19.7 Å². The minimum absolute atomic E-state index is 0.0156. The molecule has 1 aliphatic heterocycles. The van der Waals surface area contributed by atoms with Crippen LogP contribution in [0.2, 0.25) is 5.02 Å². The van der Waals surface area contributed by atoms with Crippen molar-refractivity contribution >= 4 is 47.6 Å². The summed E-state index contributed by atoms with van der Waals surface area (Å²) < 4.78 is 53.2. The Hall–Kier alpha value is -1.98. The van der Waals surface area contributed by atoms with E-state index in [1.807, 2.05) is 18.9 Å². The molecule has 4 rings (SSSR count). The van der Waals surface area contributed by atoms with Crippen LogP contribution < -0.4 is 4.90 Å². The largest absolute Gasteiger partial charge is 0.358 e. The third kappa shape index (κ3) is 4.42. The van der Waals surface area contributed by atoms with Crippen LogP contribution in [0.25, 0.3) is 0 Å². The Morgan fingerprint density at radius 2 is 1.38 bits per heavy atom. The second-order valence-electron chi connectivity index (χ2n) is 7.65. The number of nitrogens with zero attached hydrogens (tertiary/aromatic N) is 3. The van der Waals surface area contributed by atoms with Gasteiger partial charge in [-0.1, -0.05) is 40.6 Å². The summed E-state index contributed by atoms with van der Waals surface area (Å²) in [5.74, 6) is 0. The van der Waals surface area contributed by atoms with Gasteiger partial charge in [0.15, 0.2) is 5.03 Å². The van der Waals surface area contributed by atoms with Gasteiger partial charge >= 0.3 is 0 Å². The Bertz CT molecular complexity index is 1330. The fraction of sp³-hybridized carbons (Fsp3) is 0.286. The van der Waals surface area contributed by atoms with Crippen LogP contribution in [0.15, 0.2) is 67.7 Å². The van der Waals surface area contributed by atoms with Gasteiger partial charge in [-0.3, -0.25) is 0 Å². The van der Waals surface area contributed by atoms with Crippen molar-refractivity contribution in [2.24, 2.45) is 0 Å². The number of aromatic nitrogens is 1. The van der Waals surface area contributed by atoms with Crippen LogP contribution in [0.1, 0.15) is 5.56 Å². The third-order valence-corrected chi connectivity index (χ3v) is 10.6. The first-order valence-electron chi connectivity index (χ1n) is 9.86. The van der Waals surface area contributed by atoms with Crippen molar-refractivity contribution < 1.29 is 16.8 Å². The van der Waals surface area contributed by atoms with Crippen LogP contribution in [0.5, 0.6) is 0 Å². The number of hydrogen-bond acceptors (Lipinski definition) is 8. The minimum Gasteiger partial charge on any atom is -0.358 e. The van der Waals surface area contributed by atoms with E-state index in [2.05, 4.69) is 9.88 Å². The van der Waals surface area contributed by atoms with E-state index in [-0.39, 0.29) is 19.2 Å². The number of aryl methyl sites for hydroxylation is 1. The zero-order chi connectivity index (χ0) is 23.1. The van der Waals surface area contributed by atoms with Crippen molar-refractivity contribution in [3.8, 4) is 0 Å². The molecule has 3 aromatic rings. The highest BCUT2D eigenvalue weighted by Gasteiger charge is 2.34. The van der Waals surface area contributed by atoms with Gasteiger partial charge in [0, 0.05) is 31.2 Å². The molecule has 1 fully saturated rings. The van der Waals surface area contributed by atoms with Crippen molar-refractivity contribution in [1.82, 2.24) is 9.88 Å². The topological polar surface area (TPSA) is 87.6 Å². The molecular formula is C21H22ClN3O4S3. The fourth-order valence-corrected chi connectivity index (χ4v) is 7.93. The standard InChI is InChI=1S/C21H22ClN3O4S3/c1-15-3-7-18(8-4-15)32(28,29)21-23-19(20(30-21)25-13-11-24(2)12-14-25)31(26,27)17-9-5-16(22)6-10-17/h3-10H,11-14H2,1-2H3. The van der Waals surface area contributed by atoms with Gasteiger partial charge in [-0.2, -0.15) is 0 Å². The average Bonchev–Trinajstić information content (AvgIpc) is 3.22. The molecule has 2 aromatic carbocycles. The molecule has 0 radical (unpaired) electrons. The number of likely N-dealkylation sites (N-methyl/N-ethyl adjacent to an activating group) is 1. The summed E-state index contributed by atoms with van der Waals surface area (Å²) in [6.07, 6.45) is 0. The molecule has 0 saturated carbocycles. The van der Waals surface area contributed by atoms with E-state index in [4.69, 9.17) is 11.6 Å². The number of rotatable bonds is 5. The van der Waals surface area contributed by atoms with Crippen molar-refractivity contribution in [2.75, 3.05) is 38.1 Å². The summed E-state index contributed by atoms with van der Waals surface area (Å²) in [7, 11) is -6.04. The lowest BCUT2D eigenvalue weighted by atomic mass is 10.2. The number of benzene rings is 2. The molecular weight excluding hydrogens is 490 g/mol. The smallest absolute Gasteiger partial charge is 0.233 e. The molecule has 0 aliphatic carbocycles. The molecule has 11 heteroatoms. The summed E-state index contributed by atoms with van der Waals surface area (Å²) in [5.41, 5.74) is 0.923. The van der Waals surface area contributed by atoms with Crippen molar-refractivity contribution in [2.45, 2.75) is 26.1 Å². The molecule has 0 unspecified atom stereocenters. The predicted octanol–water partition coefficient (Wildman–Crippen LogP) is 3.52. The maximum Gasteiger partial charge on any atom is 0.233 e. The second kappa shape index (κ2) is 8.75. The van der Waals surface area contributed by atoms with Crippen LogP contribution in [0, 0.1) is 6.92 Å². The van der Waals surface area contributed by atoms with Gasteiger partial charge in [0.2, 0.25) is 24.0 Å². The van der Waals surface area contributed by atoms with E-state index in [0.717, 1.165) is 30.0 Å². The van der Waals surface area contributed by atoms with E-state index >= 15 is 0 Å². The normalized spacial score (nSPS) is 15.8. The lowest BCUT2D eigenvalue weighted by Gasteiger charge is -2.33. The molecule has 1 aliphatic rings. The molecule has 0 N–H and O–H groups in total. The summed E-state index contributed by atoms with van der Waals surface area (Å²) >= 11 is 6.82. The molecule has 0 bridgehead atoms. The Balaban J connectivity index is 1.85. The van der Waals surface area contributed by atoms with E-state index in [9.17, 15) is 16.8 Å². The van der Waals surface area contributed by atoms with E-state index in [0.29, 0.717) is 23.1 Å². The lowest BCUT2D eigenvalue weighted by molar-refractivity contribution is 0.313.